The number of nitrogens with two attached hydrogens (primary N) is 1. The van der Waals surface area contributed by atoms with Crippen molar-refractivity contribution in [3.63, 3.8) is 0 Å². The summed E-state index contributed by atoms with van der Waals surface area (Å²) in [6.45, 7) is 7.19. The van der Waals surface area contributed by atoms with Crippen LogP contribution in [0.4, 0.5) is 5.69 Å². The Kier molecular flexibility index (Phi) is 4.83. The highest BCUT2D eigenvalue weighted by molar-refractivity contribution is 5.92. The summed E-state index contributed by atoms with van der Waals surface area (Å²) in [4.78, 5) is 4.20. The lowest BCUT2D eigenvalue weighted by molar-refractivity contribution is 0.867. The normalized spacial score (nSPS) is 11.9. The maximum atomic E-state index is 5.76. The Bertz CT molecular complexity index is 356. The van der Waals surface area contributed by atoms with E-state index in [2.05, 4.69) is 43.2 Å². The summed E-state index contributed by atoms with van der Waals surface area (Å²) in [6.07, 6.45) is 1.01. The lowest BCUT2D eigenvalue weighted by atomic mass is 10.0. The van der Waals surface area contributed by atoms with Crippen molar-refractivity contribution in [1.82, 2.24) is 0 Å². The fraction of sp³-hybridized carbons (Fsp3) is 0.462. The van der Waals surface area contributed by atoms with Crippen molar-refractivity contribution in [3.05, 3.63) is 29.8 Å². The molecule has 3 heteroatoms. The van der Waals surface area contributed by atoms with Gasteiger partial charge in [-0.3, -0.25) is 4.99 Å². The number of guanidine groups is 1. The van der Waals surface area contributed by atoms with Gasteiger partial charge in [0.25, 0.3) is 0 Å². The van der Waals surface area contributed by atoms with E-state index >= 15 is 0 Å². The molecular weight excluding hydrogens is 198 g/mol. The smallest absolute Gasteiger partial charge is 0.193 e. The Hall–Kier alpha value is -1.51. The lowest BCUT2D eigenvalue weighted by Gasteiger charge is -2.09. The van der Waals surface area contributed by atoms with Gasteiger partial charge in [0.2, 0.25) is 0 Å². The molecule has 0 spiro atoms. The molecule has 0 unspecified atom stereocenters. The van der Waals surface area contributed by atoms with Crippen molar-refractivity contribution in [2.45, 2.75) is 33.1 Å². The van der Waals surface area contributed by atoms with Gasteiger partial charge in [-0.25, -0.2) is 0 Å². The molecule has 0 fully saturated rings. The third-order valence-corrected chi connectivity index (χ3v) is 2.33. The molecule has 1 rings (SSSR count). The van der Waals surface area contributed by atoms with Crippen molar-refractivity contribution >= 4 is 11.6 Å². The molecule has 16 heavy (non-hydrogen) atoms. The van der Waals surface area contributed by atoms with Crippen molar-refractivity contribution < 1.29 is 0 Å². The zero-order valence-electron chi connectivity index (χ0n) is 10.3. The molecule has 0 radical (unpaired) electrons. The number of nitrogens with zero attached hydrogens (tertiary/aromatic N) is 1. The predicted octanol–water partition coefficient (Wildman–Crippen LogP) is 2.95. The second-order valence-electron chi connectivity index (χ2n) is 4.17. The molecule has 0 aliphatic rings. The van der Waals surface area contributed by atoms with Crippen LogP contribution in [-0.4, -0.2) is 12.5 Å². The first kappa shape index (κ1) is 12.6. The third-order valence-electron chi connectivity index (χ3n) is 2.33. The Balaban J connectivity index is 2.70. The maximum Gasteiger partial charge on any atom is 0.193 e. The van der Waals surface area contributed by atoms with E-state index in [9.17, 15) is 0 Å². The van der Waals surface area contributed by atoms with Crippen LogP contribution in [0.5, 0.6) is 0 Å². The molecule has 0 aliphatic heterocycles. The minimum absolute atomic E-state index is 0.489. The Morgan fingerprint density at radius 3 is 2.81 bits per heavy atom. The fourth-order valence-corrected chi connectivity index (χ4v) is 1.40. The molecule has 3 N–H and O–H groups in total. The monoisotopic (exact) mass is 219 g/mol. The first-order chi connectivity index (χ1) is 7.63. The SMILES string of the molecule is CCCN=C(N)Nc1cccc(C(C)C)c1. The molecule has 0 bridgehead atoms. The van der Waals surface area contributed by atoms with Gasteiger partial charge in [0.15, 0.2) is 5.96 Å². The van der Waals surface area contributed by atoms with Gasteiger partial charge in [0.05, 0.1) is 0 Å². The minimum Gasteiger partial charge on any atom is -0.370 e. The molecule has 0 aromatic heterocycles. The van der Waals surface area contributed by atoms with Crippen LogP contribution in [0.3, 0.4) is 0 Å². The summed E-state index contributed by atoms with van der Waals surface area (Å²) < 4.78 is 0. The number of rotatable bonds is 4. The quantitative estimate of drug-likeness (QED) is 0.604. The van der Waals surface area contributed by atoms with E-state index in [-0.39, 0.29) is 0 Å². The van der Waals surface area contributed by atoms with Gasteiger partial charge < -0.3 is 11.1 Å². The Morgan fingerprint density at radius 1 is 1.44 bits per heavy atom. The summed E-state index contributed by atoms with van der Waals surface area (Å²) in [5, 5.41) is 3.10. The standard InChI is InChI=1S/C13H21N3/c1-4-8-15-13(14)16-12-7-5-6-11(9-12)10(2)3/h5-7,9-10H,4,8H2,1-3H3,(H3,14,15,16). The highest BCUT2D eigenvalue weighted by atomic mass is 15.1. The van der Waals surface area contributed by atoms with Crippen LogP contribution in [0, 0.1) is 0 Å². The van der Waals surface area contributed by atoms with Gasteiger partial charge in [-0.15, -0.1) is 0 Å². The van der Waals surface area contributed by atoms with Crippen molar-refractivity contribution in [2.24, 2.45) is 10.7 Å². The molecule has 0 amide bonds. The first-order valence-corrected chi connectivity index (χ1v) is 5.80. The molecular formula is C13H21N3. The number of hydrogen-bond donors (Lipinski definition) is 2. The van der Waals surface area contributed by atoms with E-state index in [4.69, 9.17) is 5.73 Å². The summed E-state index contributed by atoms with van der Waals surface area (Å²) in [6, 6.07) is 8.26. The topological polar surface area (TPSA) is 50.4 Å². The highest BCUT2D eigenvalue weighted by Crippen LogP contribution is 2.18. The van der Waals surface area contributed by atoms with Gasteiger partial charge in [0.1, 0.15) is 0 Å². The number of aliphatic imine (C=N–C) groups is 1. The highest BCUT2D eigenvalue weighted by Gasteiger charge is 2.00. The van der Waals surface area contributed by atoms with E-state index in [1.54, 1.807) is 0 Å². The van der Waals surface area contributed by atoms with Crippen molar-refractivity contribution in [2.75, 3.05) is 11.9 Å². The molecule has 3 nitrogen and oxygen atoms in total. The second-order valence-corrected chi connectivity index (χ2v) is 4.17. The van der Waals surface area contributed by atoms with Crippen molar-refractivity contribution in [1.29, 1.82) is 0 Å². The van der Waals surface area contributed by atoms with Crippen LogP contribution in [0.1, 0.15) is 38.7 Å². The van der Waals surface area contributed by atoms with Crippen molar-refractivity contribution in [3.8, 4) is 0 Å². The molecule has 0 saturated heterocycles. The van der Waals surface area contributed by atoms with Crippen LogP contribution >= 0.6 is 0 Å². The number of hydrogen-bond acceptors (Lipinski definition) is 1. The second kappa shape index (κ2) is 6.16. The minimum atomic E-state index is 0.489. The molecule has 0 heterocycles. The van der Waals surface area contributed by atoms with Gasteiger partial charge in [0, 0.05) is 12.2 Å². The number of anilines is 1. The van der Waals surface area contributed by atoms with E-state index in [0.717, 1.165) is 18.7 Å². The molecule has 88 valence electrons. The molecule has 0 atom stereocenters. The van der Waals surface area contributed by atoms with E-state index < -0.39 is 0 Å². The molecule has 1 aromatic rings. The molecule has 1 aromatic carbocycles. The number of benzene rings is 1. The summed E-state index contributed by atoms with van der Waals surface area (Å²) >= 11 is 0. The first-order valence-electron chi connectivity index (χ1n) is 5.80. The zero-order valence-corrected chi connectivity index (χ0v) is 10.3. The van der Waals surface area contributed by atoms with E-state index in [1.165, 1.54) is 5.56 Å². The van der Waals surface area contributed by atoms with Crippen LogP contribution < -0.4 is 11.1 Å². The summed E-state index contributed by atoms with van der Waals surface area (Å²) in [5.74, 6) is 1.01. The van der Waals surface area contributed by atoms with Crippen LogP contribution in [0.25, 0.3) is 0 Å². The summed E-state index contributed by atoms with van der Waals surface area (Å²) in [5.41, 5.74) is 8.06. The van der Waals surface area contributed by atoms with Gasteiger partial charge >= 0.3 is 0 Å². The van der Waals surface area contributed by atoms with E-state index in [0.29, 0.717) is 11.9 Å². The molecule has 0 aliphatic carbocycles. The van der Waals surface area contributed by atoms with Crippen LogP contribution in [0.2, 0.25) is 0 Å². The van der Waals surface area contributed by atoms with E-state index in [1.807, 2.05) is 12.1 Å². The van der Waals surface area contributed by atoms with Gasteiger partial charge in [-0.1, -0.05) is 32.9 Å². The fourth-order valence-electron chi connectivity index (χ4n) is 1.40. The Labute approximate surface area is 97.8 Å². The average molecular weight is 219 g/mol. The number of nitrogens with one attached hydrogen (secondary N) is 1. The largest absolute Gasteiger partial charge is 0.370 e. The third kappa shape index (κ3) is 3.93. The maximum absolute atomic E-state index is 5.76. The Morgan fingerprint density at radius 2 is 2.19 bits per heavy atom. The molecule has 0 saturated carbocycles. The predicted molar refractivity (Wildman–Crippen MR) is 70.9 cm³/mol. The lowest BCUT2D eigenvalue weighted by Crippen LogP contribution is -2.22. The average Bonchev–Trinajstić information content (AvgIpc) is 2.26. The van der Waals surface area contributed by atoms with Crippen LogP contribution in [-0.2, 0) is 0 Å². The van der Waals surface area contributed by atoms with Gasteiger partial charge in [-0.05, 0) is 30.0 Å². The zero-order chi connectivity index (χ0) is 12.0. The van der Waals surface area contributed by atoms with Crippen LogP contribution in [0.15, 0.2) is 29.3 Å². The van der Waals surface area contributed by atoms with Gasteiger partial charge in [-0.2, -0.15) is 0 Å². The summed E-state index contributed by atoms with van der Waals surface area (Å²) in [7, 11) is 0.